The Morgan fingerprint density at radius 3 is 2.83 bits per heavy atom. The second-order valence-corrected chi connectivity index (χ2v) is 6.55. The molecule has 1 amide bonds. The summed E-state index contributed by atoms with van der Waals surface area (Å²) in [5.41, 5.74) is 7.90. The Morgan fingerprint density at radius 1 is 1.38 bits per heavy atom. The summed E-state index contributed by atoms with van der Waals surface area (Å²) >= 11 is 0. The number of fused-ring (bicyclic) bond motifs is 1. The summed E-state index contributed by atoms with van der Waals surface area (Å²) in [6.07, 6.45) is 4.73. The van der Waals surface area contributed by atoms with Gasteiger partial charge in [-0.25, -0.2) is 4.98 Å². The molecule has 134 valence electrons. The molecule has 1 aliphatic rings. The molecule has 5 nitrogen and oxygen atoms in total. The summed E-state index contributed by atoms with van der Waals surface area (Å²) in [6.45, 7) is 2.58. The molecule has 2 atom stereocenters. The molecule has 0 aliphatic heterocycles. The predicted octanol–water partition coefficient (Wildman–Crippen LogP) is 2.97. The molecule has 1 fully saturated rings. The van der Waals surface area contributed by atoms with Crippen LogP contribution in [-0.4, -0.2) is 28.0 Å². The topological polar surface area (TPSA) is 83.8 Å². The highest BCUT2D eigenvalue weighted by molar-refractivity contribution is 5.85. The zero-order valence-electron chi connectivity index (χ0n) is 13.9. The lowest BCUT2D eigenvalue weighted by atomic mass is 9.74. The number of nitrogens with two attached hydrogens (primary N) is 1. The van der Waals surface area contributed by atoms with Gasteiger partial charge in [-0.3, -0.25) is 4.79 Å². The summed E-state index contributed by atoms with van der Waals surface area (Å²) in [5, 5.41) is 3.02. The van der Waals surface area contributed by atoms with Crippen LogP contribution in [0.1, 0.15) is 38.4 Å². The standard InChI is InChI=1S/C17H24N4O.2ClH/c1-17(18)10-5-4-6-12(17)16(22)19-11-9-15-20-13-7-2-3-8-14(13)21-15;;/h2-3,7-8,12H,4-6,9-11,18H2,1H3,(H,19,22)(H,20,21);2*1H. The first kappa shape index (κ1) is 20.7. The van der Waals surface area contributed by atoms with E-state index in [9.17, 15) is 4.79 Å². The fourth-order valence-electron chi connectivity index (χ4n) is 3.34. The van der Waals surface area contributed by atoms with Gasteiger partial charge in [0, 0.05) is 18.5 Å². The van der Waals surface area contributed by atoms with Crippen molar-refractivity contribution in [3.05, 3.63) is 30.1 Å². The van der Waals surface area contributed by atoms with Crippen molar-refractivity contribution in [3.63, 3.8) is 0 Å². The smallest absolute Gasteiger partial charge is 0.224 e. The number of carbonyl (C=O) groups excluding carboxylic acids is 1. The number of halogens is 2. The normalized spacial score (nSPS) is 23.2. The summed E-state index contributed by atoms with van der Waals surface area (Å²) in [6, 6.07) is 7.94. The zero-order chi connectivity index (χ0) is 15.6. The molecule has 1 aromatic carbocycles. The van der Waals surface area contributed by atoms with Crippen molar-refractivity contribution >= 4 is 41.8 Å². The highest BCUT2D eigenvalue weighted by Crippen LogP contribution is 2.31. The SMILES string of the molecule is CC1(N)CCCCC1C(=O)NCCc1nc2ccccc2[nH]1.Cl.Cl. The number of para-hydroxylation sites is 2. The fraction of sp³-hybridized carbons (Fsp3) is 0.529. The maximum atomic E-state index is 12.4. The zero-order valence-corrected chi connectivity index (χ0v) is 15.5. The van der Waals surface area contributed by atoms with Gasteiger partial charge in [0.05, 0.1) is 17.0 Å². The van der Waals surface area contributed by atoms with Gasteiger partial charge in [-0.1, -0.05) is 25.0 Å². The van der Waals surface area contributed by atoms with Crippen LogP contribution >= 0.6 is 24.8 Å². The van der Waals surface area contributed by atoms with Crippen molar-refractivity contribution in [2.45, 2.75) is 44.6 Å². The van der Waals surface area contributed by atoms with Gasteiger partial charge in [-0.2, -0.15) is 0 Å². The van der Waals surface area contributed by atoms with Gasteiger partial charge in [0.15, 0.2) is 0 Å². The van der Waals surface area contributed by atoms with Crippen molar-refractivity contribution in [2.75, 3.05) is 6.54 Å². The molecule has 1 heterocycles. The number of amides is 1. The third-order valence-electron chi connectivity index (χ3n) is 4.67. The van der Waals surface area contributed by atoms with E-state index in [2.05, 4.69) is 15.3 Å². The number of H-pyrrole nitrogens is 1. The lowest BCUT2D eigenvalue weighted by Crippen LogP contribution is -2.53. The number of imidazole rings is 1. The predicted molar refractivity (Wildman–Crippen MR) is 102 cm³/mol. The Hall–Kier alpha value is -1.30. The van der Waals surface area contributed by atoms with E-state index in [1.54, 1.807) is 0 Å². The minimum Gasteiger partial charge on any atom is -0.355 e. The number of aromatic amines is 1. The van der Waals surface area contributed by atoms with Crippen LogP contribution in [0.3, 0.4) is 0 Å². The van der Waals surface area contributed by atoms with E-state index < -0.39 is 0 Å². The van der Waals surface area contributed by atoms with Crippen molar-refractivity contribution in [1.29, 1.82) is 0 Å². The third kappa shape index (κ3) is 4.62. The van der Waals surface area contributed by atoms with E-state index in [0.717, 1.165) is 42.5 Å². The van der Waals surface area contributed by atoms with Crippen LogP contribution in [0, 0.1) is 5.92 Å². The van der Waals surface area contributed by atoms with Crippen LogP contribution in [-0.2, 0) is 11.2 Å². The molecule has 2 aromatic rings. The summed E-state index contributed by atoms with van der Waals surface area (Å²) in [7, 11) is 0. The molecule has 0 saturated heterocycles. The van der Waals surface area contributed by atoms with Crippen molar-refractivity contribution in [2.24, 2.45) is 11.7 Å². The molecule has 1 aromatic heterocycles. The number of hydrogen-bond acceptors (Lipinski definition) is 3. The maximum absolute atomic E-state index is 12.4. The number of benzene rings is 1. The van der Waals surface area contributed by atoms with Crippen LogP contribution in [0.5, 0.6) is 0 Å². The molecule has 1 saturated carbocycles. The number of aromatic nitrogens is 2. The summed E-state index contributed by atoms with van der Waals surface area (Å²) < 4.78 is 0. The number of carbonyl (C=O) groups is 1. The van der Waals surface area contributed by atoms with Crippen molar-refractivity contribution in [1.82, 2.24) is 15.3 Å². The highest BCUT2D eigenvalue weighted by Gasteiger charge is 2.37. The van der Waals surface area contributed by atoms with E-state index >= 15 is 0 Å². The van der Waals surface area contributed by atoms with E-state index in [-0.39, 0.29) is 42.2 Å². The fourth-order valence-corrected chi connectivity index (χ4v) is 3.34. The largest absolute Gasteiger partial charge is 0.355 e. The first-order valence-electron chi connectivity index (χ1n) is 8.06. The van der Waals surface area contributed by atoms with Gasteiger partial charge in [0.1, 0.15) is 5.82 Å². The maximum Gasteiger partial charge on any atom is 0.224 e. The summed E-state index contributed by atoms with van der Waals surface area (Å²) in [4.78, 5) is 20.2. The Kier molecular flexibility index (Phi) is 7.52. The van der Waals surface area contributed by atoms with Crippen LogP contribution in [0.4, 0.5) is 0 Å². The number of nitrogens with one attached hydrogen (secondary N) is 2. The highest BCUT2D eigenvalue weighted by atomic mass is 35.5. The van der Waals surface area contributed by atoms with Gasteiger partial charge in [-0.15, -0.1) is 24.8 Å². The van der Waals surface area contributed by atoms with E-state index in [4.69, 9.17) is 5.73 Å². The van der Waals surface area contributed by atoms with E-state index in [0.29, 0.717) is 13.0 Å². The molecule has 2 unspecified atom stereocenters. The Morgan fingerprint density at radius 2 is 2.12 bits per heavy atom. The Balaban J connectivity index is 0.00000144. The van der Waals surface area contributed by atoms with Gasteiger partial charge < -0.3 is 16.0 Å². The molecule has 0 radical (unpaired) electrons. The molecular weight excluding hydrogens is 347 g/mol. The molecule has 1 aliphatic carbocycles. The molecule has 3 rings (SSSR count). The monoisotopic (exact) mass is 372 g/mol. The van der Waals surface area contributed by atoms with Crippen LogP contribution < -0.4 is 11.1 Å². The lowest BCUT2D eigenvalue weighted by Gasteiger charge is -2.37. The van der Waals surface area contributed by atoms with Crippen LogP contribution in [0.2, 0.25) is 0 Å². The van der Waals surface area contributed by atoms with E-state index in [1.165, 1.54) is 0 Å². The average molecular weight is 373 g/mol. The van der Waals surface area contributed by atoms with Crippen molar-refractivity contribution < 1.29 is 4.79 Å². The molecule has 4 N–H and O–H groups in total. The Bertz CT molecular complexity index is 638. The van der Waals surface area contributed by atoms with Crippen LogP contribution in [0.15, 0.2) is 24.3 Å². The second kappa shape index (κ2) is 8.70. The quantitative estimate of drug-likeness (QED) is 0.771. The minimum absolute atomic E-state index is 0. The average Bonchev–Trinajstić information content (AvgIpc) is 2.89. The number of rotatable bonds is 4. The van der Waals surface area contributed by atoms with Gasteiger partial charge in [0.25, 0.3) is 0 Å². The first-order chi connectivity index (χ1) is 10.6. The number of nitrogens with zero attached hydrogens (tertiary/aromatic N) is 1. The minimum atomic E-state index is -0.373. The molecule has 24 heavy (non-hydrogen) atoms. The third-order valence-corrected chi connectivity index (χ3v) is 4.67. The molecule has 0 bridgehead atoms. The Labute approximate surface area is 155 Å². The number of hydrogen-bond donors (Lipinski definition) is 3. The molecule has 0 spiro atoms. The molecule has 7 heteroatoms. The lowest BCUT2D eigenvalue weighted by molar-refractivity contribution is -0.128. The van der Waals surface area contributed by atoms with Gasteiger partial charge >= 0.3 is 0 Å². The second-order valence-electron chi connectivity index (χ2n) is 6.55. The van der Waals surface area contributed by atoms with Gasteiger partial charge in [0.2, 0.25) is 5.91 Å². The van der Waals surface area contributed by atoms with Gasteiger partial charge in [-0.05, 0) is 31.9 Å². The summed E-state index contributed by atoms with van der Waals surface area (Å²) in [5.74, 6) is 0.915. The van der Waals surface area contributed by atoms with Crippen molar-refractivity contribution in [3.8, 4) is 0 Å². The van der Waals surface area contributed by atoms with E-state index in [1.807, 2.05) is 31.2 Å². The molecular formula is C17H26Cl2N4O. The van der Waals surface area contributed by atoms with Crippen LogP contribution in [0.25, 0.3) is 11.0 Å². The first-order valence-corrected chi connectivity index (χ1v) is 8.06.